The number of hydrogen-bond acceptors (Lipinski definition) is 2. The first kappa shape index (κ1) is 16.2. The zero-order valence-corrected chi connectivity index (χ0v) is 13.7. The molecule has 0 radical (unpaired) electrons. The smallest absolute Gasteiger partial charge is 0.146 e. The predicted molar refractivity (Wildman–Crippen MR) is 89.7 cm³/mol. The van der Waals surface area contributed by atoms with Crippen molar-refractivity contribution in [1.82, 2.24) is 0 Å². The summed E-state index contributed by atoms with van der Waals surface area (Å²) in [4.78, 5) is 0. The Morgan fingerprint density at radius 2 is 1.86 bits per heavy atom. The molecule has 2 N–H and O–H groups in total. The minimum atomic E-state index is 0.0822. The minimum absolute atomic E-state index is 0.0822. The zero-order chi connectivity index (χ0) is 15.4. The molecular formula is C17H19Cl2NO. The lowest BCUT2D eigenvalue weighted by molar-refractivity contribution is 0.472. The lowest BCUT2D eigenvalue weighted by atomic mass is 10.0. The molecule has 0 aliphatic heterocycles. The summed E-state index contributed by atoms with van der Waals surface area (Å²) in [5.41, 5.74) is 8.13. The van der Waals surface area contributed by atoms with Crippen molar-refractivity contribution in [1.29, 1.82) is 0 Å². The van der Waals surface area contributed by atoms with Gasteiger partial charge in [-0.2, -0.15) is 0 Å². The Morgan fingerprint density at radius 1 is 1.10 bits per heavy atom. The highest BCUT2D eigenvalue weighted by molar-refractivity contribution is 6.32. The molecule has 0 heterocycles. The average molecular weight is 324 g/mol. The van der Waals surface area contributed by atoms with Crippen LogP contribution in [-0.2, 0) is 6.42 Å². The largest absolute Gasteiger partial charge is 0.456 e. The van der Waals surface area contributed by atoms with Gasteiger partial charge in [0.05, 0.1) is 5.02 Å². The summed E-state index contributed by atoms with van der Waals surface area (Å²) >= 11 is 12.3. The van der Waals surface area contributed by atoms with Crippen molar-refractivity contribution in [3.05, 3.63) is 57.6 Å². The third-order valence-corrected chi connectivity index (χ3v) is 3.88. The second-order valence-electron chi connectivity index (χ2n) is 5.16. The van der Waals surface area contributed by atoms with Crippen LogP contribution in [-0.4, -0.2) is 6.04 Å². The second-order valence-corrected chi connectivity index (χ2v) is 6.00. The number of ether oxygens (including phenoxy) is 1. The van der Waals surface area contributed by atoms with Crippen molar-refractivity contribution >= 4 is 23.2 Å². The van der Waals surface area contributed by atoms with Gasteiger partial charge < -0.3 is 10.5 Å². The fourth-order valence-corrected chi connectivity index (χ4v) is 2.39. The maximum Gasteiger partial charge on any atom is 0.146 e. The Hall–Kier alpha value is -1.22. The number of rotatable bonds is 5. The molecule has 0 saturated heterocycles. The van der Waals surface area contributed by atoms with Crippen LogP contribution in [0.1, 0.15) is 24.5 Å². The van der Waals surface area contributed by atoms with Crippen molar-refractivity contribution < 1.29 is 4.74 Å². The molecule has 2 aromatic rings. The van der Waals surface area contributed by atoms with Crippen molar-refractivity contribution in [2.75, 3.05) is 0 Å². The van der Waals surface area contributed by atoms with Crippen LogP contribution < -0.4 is 10.5 Å². The van der Waals surface area contributed by atoms with E-state index in [0.29, 0.717) is 15.8 Å². The maximum absolute atomic E-state index is 6.19. The fraction of sp³-hybridized carbons (Fsp3) is 0.294. The van der Waals surface area contributed by atoms with E-state index in [1.807, 2.05) is 43.3 Å². The molecule has 21 heavy (non-hydrogen) atoms. The summed E-state index contributed by atoms with van der Waals surface area (Å²) in [6.45, 7) is 4.06. The molecule has 0 aliphatic rings. The van der Waals surface area contributed by atoms with Crippen LogP contribution in [0.15, 0.2) is 36.4 Å². The van der Waals surface area contributed by atoms with Gasteiger partial charge in [0.2, 0.25) is 0 Å². The summed E-state index contributed by atoms with van der Waals surface area (Å²) in [6, 6.07) is 11.3. The number of nitrogens with two attached hydrogens (primary N) is 1. The van der Waals surface area contributed by atoms with E-state index >= 15 is 0 Å². The van der Waals surface area contributed by atoms with Crippen LogP contribution >= 0.6 is 23.2 Å². The van der Waals surface area contributed by atoms with Crippen molar-refractivity contribution in [2.45, 2.75) is 32.7 Å². The van der Waals surface area contributed by atoms with E-state index < -0.39 is 0 Å². The molecule has 2 nitrogen and oxygen atoms in total. The molecule has 0 amide bonds. The first-order valence-corrected chi connectivity index (χ1v) is 7.73. The molecule has 0 aromatic heterocycles. The molecule has 0 bridgehead atoms. The topological polar surface area (TPSA) is 35.2 Å². The summed E-state index contributed by atoms with van der Waals surface area (Å²) in [5.74, 6) is 1.39. The molecule has 0 spiro atoms. The Labute approximate surface area is 135 Å². The van der Waals surface area contributed by atoms with Crippen LogP contribution in [0.25, 0.3) is 0 Å². The Morgan fingerprint density at radius 3 is 2.57 bits per heavy atom. The van der Waals surface area contributed by atoms with E-state index in [1.54, 1.807) is 0 Å². The highest BCUT2D eigenvalue weighted by Gasteiger charge is 2.11. The van der Waals surface area contributed by atoms with Crippen molar-refractivity contribution in [2.24, 2.45) is 5.73 Å². The van der Waals surface area contributed by atoms with E-state index in [0.717, 1.165) is 29.7 Å². The lowest BCUT2D eigenvalue weighted by Gasteiger charge is -2.15. The Balaban J connectivity index is 2.32. The Bertz CT molecular complexity index is 628. The summed E-state index contributed by atoms with van der Waals surface area (Å²) in [7, 11) is 0. The Kier molecular flexibility index (Phi) is 5.51. The van der Waals surface area contributed by atoms with Crippen LogP contribution in [0, 0.1) is 6.92 Å². The molecule has 0 fully saturated rings. The molecule has 1 atom stereocenters. The van der Waals surface area contributed by atoms with E-state index in [9.17, 15) is 0 Å². The van der Waals surface area contributed by atoms with E-state index in [-0.39, 0.29) is 6.04 Å². The van der Waals surface area contributed by atoms with Gasteiger partial charge in [-0.05, 0) is 61.2 Å². The second kappa shape index (κ2) is 7.17. The number of halogens is 2. The van der Waals surface area contributed by atoms with E-state index in [4.69, 9.17) is 33.7 Å². The molecular weight excluding hydrogens is 305 g/mol. The van der Waals surface area contributed by atoms with E-state index in [2.05, 4.69) is 6.92 Å². The van der Waals surface area contributed by atoms with Crippen molar-refractivity contribution in [3.8, 4) is 11.5 Å². The summed E-state index contributed by atoms with van der Waals surface area (Å²) < 4.78 is 5.98. The molecule has 4 heteroatoms. The normalized spacial score (nSPS) is 12.2. The van der Waals surface area contributed by atoms with Gasteiger partial charge >= 0.3 is 0 Å². The third-order valence-electron chi connectivity index (χ3n) is 3.34. The lowest BCUT2D eigenvalue weighted by Crippen LogP contribution is -2.21. The van der Waals surface area contributed by atoms with Crippen LogP contribution in [0.5, 0.6) is 11.5 Å². The maximum atomic E-state index is 6.19. The highest BCUT2D eigenvalue weighted by Crippen LogP contribution is 2.33. The van der Waals surface area contributed by atoms with Gasteiger partial charge in [-0.1, -0.05) is 36.2 Å². The molecule has 1 unspecified atom stereocenters. The van der Waals surface area contributed by atoms with Gasteiger partial charge in [0.25, 0.3) is 0 Å². The monoisotopic (exact) mass is 323 g/mol. The standard InChI is InChI=1S/C17H19Cl2NO/c1-3-14(20)10-12-9-13(18)5-7-16(12)21-17-8-11(2)4-6-15(17)19/h4-9,14H,3,10,20H2,1-2H3. The fourth-order valence-electron chi connectivity index (χ4n) is 2.04. The molecule has 0 saturated carbocycles. The molecule has 2 rings (SSSR count). The molecule has 2 aromatic carbocycles. The van der Waals surface area contributed by atoms with Crippen LogP contribution in [0.3, 0.4) is 0 Å². The van der Waals surface area contributed by atoms with Gasteiger partial charge in [-0.15, -0.1) is 0 Å². The average Bonchev–Trinajstić information content (AvgIpc) is 2.45. The summed E-state index contributed by atoms with van der Waals surface area (Å²) in [6.07, 6.45) is 1.62. The van der Waals surface area contributed by atoms with E-state index in [1.165, 1.54) is 0 Å². The SMILES string of the molecule is CCC(N)Cc1cc(Cl)ccc1Oc1cc(C)ccc1Cl. The van der Waals surface area contributed by atoms with Crippen LogP contribution in [0.2, 0.25) is 10.0 Å². The molecule has 0 aliphatic carbocycles. The first-order chi connectivity index (χ1) is 9.99. The van der Waals surface area contributed by atoms with Gasteiger partial charge in [0.1, 0.15) is 11.5 Å². The zero-order valence-electron chi connectivity index (χ0n) is 12.2. The van der Waals surface area contributed by atoms with Crippen molar-refractivity contribution in [3.63, 3.8) is 0 Å². The van der Waals surface area contributed by atoms with Gasteiger partial charge in [0, 0.05) is 11.1 Å². The highest BCUT2D eigenvalue weighted by atomic mass is 35.5. The van der Waals surface area contributed by atoms with Gasteiger partial charge in [-0.25, -0.2) is 0 Å². The first-order valence-electron chi connectivity index (χ1n) is 6.97. The number of aryl methyl sites for hydroxylation is 1. The van der Waals surface area contributed by atoms with Crippen LogP contribution in [0.4, 0.5) is 0 Å². The molecule has 112 valence electrons. The minimum Gasteiger partial charge on any atom is -0.456 e. The van der Waals surface area contributed by atoms with Gasteiger partial charge in [0.15, 0.2) is 0 Å². The predicted octanol–water partition coefficient (Wildman–Crippen LogP) is 5.37. The number of benzene rings is 2. The number of hydrogen-bond donors (Lipinski definition) is 1. The third kappa shape index (κ3) is 4.37. The quantitative estimate of drug-likeness (QED) is 0.802. The summed E-state index contributed by atoms with van der Waals surface area (Å²) in [5, 5.41) is 1.26. The van der Waals surface area contributed by atoms with Gasteiger partial charge in [-0.3, -0.25) is 0 Å².